The van der Waals surface area contributed by atoms with E-state index in [1.54, 1.807) is 0 Å². The van der Waals surface area contributed by atoms with Crippen molar-refractivity contribution in [1.82, 2.24) is 5.32 Å². The first-order valence-electron chi connectivity index (χ1n) is 11.3. The number of hydrogen-bond acceptors (Lipinski definition) is 8. The summed E-state index contributed by atoms with van der Waals surface area (Å²) in [4.78, 5) is 38.5. The Morgan fingerprint density at radius 3 is 1.97 bits per heavy atom. The maximum absolute atomic E-state index is 13.3. The summed E-state index contributed by atoms with van der Waals surface area (Å²) in [6.45, 7) is -3.30. The number of dihydropyridines is 1. The van der Waals surface area contributed by atoms with Gasteiger partial charge in [0, 0.05) is 28.2 Å². The number of carbonyl (C=O) groups is 3. The van der Waals surface area contributed by atoms with Crippen molar-refractivity contribution in [2.75, 3.05) is 19.5 Å². The number of ether oxygens (including phenoxy) is 4. The molecule has 0 unspecified atom stereocenters. The molecule has 208 valence electrons. The zero-order chi connectivity index (χ0) is 28.9. The minimum absolute atomic E-state index is 0.0403. The molecule has 0 bridgehead atoms. The van der Waals surface area contributed by atoms with Gasteiger partial charge in [0.1, 0.15) is 11.5 Å². The number of carbonyl (C=O) groups excluding carboxylic acids is 3. The van der Waals surface area contributed by atoms with Gasteiger partial charge in [-0.15, -0.1) is 0 Å². The second-order valence-corrected chi connectivity index (χ2v) is 8.11. The summed E-state index contributed by atoms with van der Waals surface area (Å²) in [5.74, 6) is -4.38. The van der Waals surface area contributed by atoms with Crippen LogP contribution in [-0.2, 0) is 19.1 Å². The molecule has 0 saturated carbocycles. The number of methoxy groups -OCH3 is 2. The molecular weight excluding hydrogens is 528 g/mol. The van der Waals surface area contributed by atoms with E-state index in [2.05, 4.69) is 20.1 Å². The Hall–Kier alpha value is -4.55. The number of alkyl halides is 4. The van der Waals surface area contributed by atoms with Crippen LogP contribution in [0.3, 0.4) is 0 Å². The lowest BCUT2D eigenvalue weighted by atomic mass is 9.79. The number of allylic oxidation sites excluding steroid dienone is 2. The smallest absolute Gasteiger partial charge is 0.387 e. The van der Waals surface area contributed by atoms with Gasteiger partial charge in [0.05, 0.1) is 31.3 Å². The van der Waals surface area contributed by atoms with E-state index >= 15 is 0 Å². The fourth-order valence-electron chi connectivity index (χ4n) is 4.14. The normalized spacial score (nSPS) is 13.8. The molecule has 2 aromatic rings. The maximum Gasteiger partial charge on any atom is 0.387 e. The molecule has 13 heteroatoms. The average molecular weight is 552 g/mol. The first kappa shape index (κ1) is 29.0. The molecule has 2 N–H and O–H groups in total. The number of amides is 1. The van der Waals surface area contributed by atoms with E-state index in [9.17, 15) is 31.9 Å². The molecule has 0 atom stereocenters. The van der Waals surface area contributed by atoms with Crippen molar-refractivity contribution in [2.45, 2.75) is 33.0 Å². The van der Waals surface area contributed by atoms with E-state index in [4.69, 9.17) is 9.47 Å². The Labute approximate surface area is 220 Å². The molecule has 0 fully saturated rings. The van der Waals surface area contributed by atoms with Crippen LogP contribution in [0.25, 0.3) is 0 Å². The van der Waals surface area contributed by atoms with Crippen LogP contribution in [0.4, 0.5) is 23.2 Å². The van der Waals surface area contributed by atoms with Crippen LogP contribution in [0, 0.1) is 0 Å². The summed E-state index contributed by atoms with van der Waals surface area (Å²) in [5, 5.41) is 5.42. The van der Waals surface area contributed by atoms with Crippen LogP contribution in [0.1, 0.15) is 35.7 Å². The summed E-state index contributed by atoms with van der Waals surface area (Å²) in [6.07, 6.45) is 0. The zero-order valence-corrected chi connectivity index (χ0v) is 21.1. The molecule has 0 aliphatic carbocycles. The van der Waals surface area contributed by atoms with Crippen LogP contribution in [0.15, 0.2) is 65.0 Å². The van der Waals surface area contributed by atoms with Crippen LogP contribution in [-0.4, -0.2) is 45.3 Å². The minimum atomic E-state index is -3.26. The highest BCUT2D eigenvalue weighted by Gasteiger charge is 2.39. The van der Waals surface area contributed by atoms with Gasteiger partial charge in [0.15, 0.2) is 0 Å². The third-order valence-corrected chi connectivity index (χ3v) is 5.69. The number of benzene rings is 2. The number of anilines is 1. The molecule has 1 amide bonds. The lowest BCUT2D eigenvalue weighted by Gasteiger charge is -2.31. The molecule has 3 rings (SSSR count). The van der Waals surface area contributed by atoms with Crippen molar-refractivity contribution < 1.29 is 50.9 Å². The van der Waals surface area contributed by atoms with Crippen LogP contribution >= 0.6 is 0 Å². The Kier molecular flexibility index (Phi) is 9.17. The number of nitrogens with one attached hydrogen (secondary N) is 2. The molecule has 39 heavy (non-hydrogen) atoms. The topological polar surface area (TPSA) is 112 Å². The van der Waals surface area contributed by atoms with Crippen LogP contribution in [0.2, 0.25) is 0 Å². The van der Waals surface area contributed by atoms with Gasteiger partial charge < -0.3 is 29.6 Å². The van der Waals surface area contributed by atoms with Gasteiger partial charge in [-0.1, -0.05) is 6.07 Å². The van der Waals surface area contributed by atoms with Crippen molar-refractivity contribution in [2.24, 2.45) is 0 Å². The predicted octanol–water partition coefficient (Wildman–Crippen LogP) is 4.72. The van der Waals surface area contributed by atoms with E-state index < -0.39 is 37.0 Å². The van der Waals surface area contributed by atoms with Gasteiger partial charge in [-0.2, -0.15) is 17.6 Å². The molecular formula is C26H24F4N2O7. The van der Waals surface area contributed by atoms with Crippen LogP contribution < -0.4 is 20.1 Å². The van der Waals surface area contributed by atoms with E-state index in [0.29, 0.717) is 0 Å². The van der Waals surface area contributed by atoms with Gasteiger partial charge in [-0.25, -0.2) is 9.59 Å². The fourth-order valence-corrected chi connectivity index (χ4v) is 4.14. The van der Waals surface area contributed by atoms with Gasteiger partial charge in [-0.3, -0.25) is 4.79 Å². The van der Waals surface area contributed by atoms with Crippen molar-refractivity contribution in [3.63, 3.8) is 0 Å². The van der Waals surface area contributed by atoms with E-state index in [-0.39, 0.29) is 50.9 Å². The summed E-state index contributed by atoms with van der Waals surface area (Å²) in [7, 11) is 2.23. The predicted molar refractivity (Wildman–Crippen MR) is 129 cm³/mol. The first-order chi connectivity index (χ1) is 18.5. The largest absolute Gasteiger partial charge is 0.466 e. The highest BCUT2D eigenvalue weighted by atomic mass is 19.3. The summed E-state index contributed by atoms with van der Waals surface area (Å²) in [6, 6.07) is 8.63. The maximum atomic E-state index is 13.3. The van der Waals surface area contributed by atoms with Crippen molar-refractivity contribution in [3.05, 3.63) is 76.1 Å². The standard InChI is InChI=1S/C26H24F4N2O7/c1-12-19(23(34)36-3)21(20(13(2)31-12)24(35)37-4)17-11-15(8-9-18(17)39-26(29)30)32-22(33)14-6-5-7-16(10-14)38-25(27)28/h5-11,21,25-26,31H,1-4H3,(H,32,33). The minimum Gasteiger partial charge on any atom is -0.466 e. The monoisotopic (exact) mass is 552 g/mol. The average Bonchev–Trinajstić information content (AvgIpc) is 2.87. The summed E-state index contributed by atoms with van der Waals surface area (Å²) < 4.78 is 70.6. The molecule has 0 spiro atoms. The quantitative estimate of drug-likeness (QED) is 0.340. The molecule has 0 aromatic heterocycles. The van der Waals surface area contributed by atoms with Gasteiger partial charge in [0.2, 0.25) is 0 Å². The second-order valence-electron chi connectivity index (χ2n) is 8.11. The molecule has 1 aliphatic heterocycles. The molecule has 9 nitrogen and oxygen atoms in total. The number of halogens is 4. The third-order valence-electron chi connectivity index (χ3n) is 5.69. The van der Waals surface area contributed by atoms with E-state index in [1.807, 2.05) is 0 Å². The van der Waals surface area contributed by atoms with Crippen LogP contribution in [0.5, 0.6) is 11.5 Å². The van der Waals surface area contributed by atoms with E-state index in [0.717, 1.165) is 26.4 Å². The van der Waals surface area contributed by atoms with Crippen molar-refractivity contribution in [1.29, 1.82) is 0 Å². The summed E-state index contributed by atoms with van der Waals surface area (Å²) >= 11 is 0. The highest BCUT2D eigenvalue weighted by Crippen LogP contribution is 2.44. The Bertz CT molecular complexity index is 1300. The van der Waals surface area contributed by atoms with Gasteiger partial charge in [0.25, 0.3) is 5.91 Å². The number of hydrogen-bond donors (Lipinski definition) is 2. The van der Waals surface area contributed by atoms with Gasteiger partial charge >= 0.3 is 25.2 Å². The van der Waals surface area contributed by atoms with Gasteiger partial charge in [-0.05, 0) is 50.2 Å². The summed E-state index contributed by atoms with van der Waals surface area (Å²) in [5.41, 5.74) is 0.339. The fraction of sp³-hybridized carbons (Fsp3) is 0.269. The molecule has 1 aliphatic rings. The molecule has 0 radical (unpaired) electrons. The number of rotatable bonds is 9. The zero-order valence-electron chi connectivity index (χ0n) is 21.1. The van der Waals surface area contributed by atoms with Crippen molar-refractivity contribution in [3.8, 4) is 11.5 Å². The van der Waals surface area contributed by atoms with Crippen molar-refractivity contribution >= 4 is 23.5 Å². The Morgan fingerprint density at radius 1 is 0.846 bits per heavy atom. The second kappa shape index (κ2) is 12.3. The Morgan fingerprint density at radius 2 is 1.44 bits per heavy atom. The molecule has 2 aromatic carbocycles. The first-order valence-corrected chi connectivity index (χ1v) is 11.3. The lowest BCUT2D eigenvalue weighted by Crippen LogP contribution is -2.32. The highest BCUT2D eigenvalue weighted by molar-refractivity contribution is 6.05. The lowest BCUT2D eigenvalue weighted by molar-refractivity contribution is -0.137. The van der Waals surface area contributed by atoms with E-state index in [1.165, 1.54) is 44.2 Å². The third kappa shape index (κ3) is 6.67. The Balaban J connectivity index is 2.14. The SMILES string of the molecule is COC(=O)C1=C(C)NC(C)=C(C(=O)OC)C1c1cc(NC(=O)c2cccc(OC(F)F)c2)ccc1OC(F)F. The molecule has 0 saturated heterocycles. The molecule has 1 heterocycles. The number of esters is 2.